The van der Waals surface area contributed by atoms with E-state index in [0.717, 1.165) is 17.7 Å². The Labute approximate surface area is 166 Å². The first-order chi connectivity index (χ1) is 13.7. The minimum absolute atomic E-state index is 0.207. The van der Waals surface area contributed by atoms with Crippen LogP contribution in [0.4, 0.5) is 18.9 Å². The Morgan fingerprint density at radius 2 is 1.62 bits per heavy atom. The second kappa shape index (κ2) is 8.31. The average molecular weight is 397 g/mol. The van der Waals surface area contributed by atoms with Crippen molar-refractivity contribution >= 4 is 17.4 Å². The fourth-order valence-corrected chi connectivity index (χ4v) is 2.95. The molecule has 29 heavy (non-hydrogen) atoms. The number of carbonyl (C=O) groups is 2. The summed E-state index contributed by atoms with van der Waals surface area (Å²) < 4.78 is 38.7. The van der Waals surface area contributed by atoms with E-state index in [1.807, 2.05) is 13.0 Å². The lowest BCUT2D eigenvalue weighted by Crippen LogP contribution is -2.16. The van der Waals surface area contributed by atoms with Crippen molar-refractivity contribution in [3.8, 4) is 0 Å². The molecule has 0 fully saturated rings. The van der Waals surface area contributed by atoms with E-state index in [1.165, 1.54) is 12.1 Å². The number of hydrogen-bond acceptors (Lipinski definition) is 2. The van der Waals surface area contributed by atoms with E-state index >= 15 is 0 Å². The highest BCUT2D eigenvalue weighted by Crippen LogP contribution is 2.30. The molecule has 3 rings (SSSR count). The van der Waals surface area contributed by atoms with Gasteiger partial charge in [0.15, 0.2) is 5.78 Å². The topological polar surface area (TPSA) is 46.2 Å². The zero-order valence-electron chi connectivity index (χ0n) is 15.6. The predicted molar refractivity (Wildman–Crippen MR) is 105 cm³/mol. The van der Waals surface area contributed by atoms with Crippen molar-refractivity contribution in [2.45, 2.75) is 19.5 Å². The molecule has 3 aromatic rings. The summed E-state index contributed by atoms with van der Waals surface area (Å²) in [6.07, 6.45) is -4.68. The smallest absolute Gasteiger partial charge is 0.321 e. The highest BCUT2D eigenvalue weighted by atomic mass is 19.4. The molecule has 0 aliphatic carbocycles. The third kappa shape index (κ3) is 5.10. The fraction of sp³-hybridized carbons (Fsp3) is 0.130. The normalized spacial score (nSPS) is 11.2. The third-order valence-corrected chi connectivity index (χ3v) is 4.37. The van der Waals surface area contributed by atoms with Crippen LogP contribution in [0.2, 0.25) is 0 Å². The number of benzene rings is 3. The molecule has 0 aromatic heterocycles. The van der Waals surface area contributed by atoms with E-state index in [-0.39, 0.29) is 29.2 Å². The Morgan fingerprint density at radius 3 is 2.34 bits per heavy atom. The van der Waals surface area contributed by atoms with E-state index in [9.17, 15) is 22.8 Å². The Balaban J connectivity index is 1.81. The van der Waals surface area contributed by atoms with Crippen LogP contribution < -0.4 is 5.32 Å². The fourth-order valence-electron chi connectivity index (χ4n) is 2.95. The quantitative estimate of drug-likeness (QED) is 0.562. The number of aryl methyl sites for hydroxylation is 1. The summed E-state index contributed by atoms with van der Waals surface area (Å²) in [7, 11) is 0. The predicted octanol–water partition coefficient (Wildman–Crippen LogP) is 5.69. The van der Waals surface area contributed by atoms with Gasteiger partial charge in [-0.25, -0.2) is 0 Å². The summed E-state index contributed by atoms with van der Waals surface area (Å²) in [4.78, 5) is 25.2. The monoisotopic (exact) mass is 397 g/mol. The van der Waals surface area contributed by atoms with Gasteiger partial charge >= 0.3 is 6.18 Å². The lowest BCUT2D eigenvalue weighted by atomic mass is 9.99. The summed E-state index contributed by atoms with van der Waals surface area (Å²) >= 11 is 0. The van der Waals surface area contributed by atoms with E-state index < -0.39 is 11.7 Å². The van der Waals surface area contributed by atoms with Crippen LogP contribution in [0.25, 0.3) is 0 Å². The van der Waals surface area contributed by atoms with Crippen molar-refractivity contribution in [2.75, 3.05) is 5.32 Å². The molecule has 0 atom stereocenters. The molecule has 3 aromatic carbocycles. The van der Waals surface area contributed by atoms with Gasteiger partial charge in [-0.1, -0.05) is 48.0 Å². The van der Waals surface area contributed by atoms with Crippen LogP contribution >= 0.6 is 0 Å². The number of amides is 1. The van der Waals surface area contributed by atoms with E-state index in [0.29, 0.717) is 11.3 Å². The number of hydrogen-bond donors (Lipinski definition) is 1. The van der Waals surface area contributed by atoms with Crippen LogP contribution in [-0.2, 0) is 12.6 Å². The summed E-state index contributed by atoms with van der Waals surface area (Å²) in [5.74, 6) is -0.752. The zero-order valence-corrected chi connectivity index (χ0v) is 15.6. The molecule has 0 bridgehead atoms. The maximum absolute atomic E-state index is 12.9. The molecule has 0 aliphatic heterocycles. The first-order valence-electron chi connectivity index (χ1n) is 8.90. The van der Waals surface area contributed by atoms with Gasteiger partial charge in [-0.2, -0.15) is 13.2 Å². The number of carbonyl (C=O) groups excluding carboxylic acids is 2. The molecule has 1 N–H and O–H groups in total. The molecule has 0 unspecified atom stereocenters. The number of rotatable bonds is 5. The molecule has 0 saturated carbocycles. The molecule has 0 heterocycles. The van der Waals surface area contributed by atoms with E-state index in [4.69, 9.17) is 0 Å². The highest BCUT2D eigenvalue weighted by molar-refractivity contribution is 6.09. The number of ketones is 1. The molecule has 1 amide bonds. The van der Waals surface area contributed by atoms with Gasteiger partial charge in [0, 0.05) is 17.5 Å². The van der Waals surface area contributed by atoms with Crippen LogP contribution in [0.3, 0.4) is 0 Å². The first-order valence-corrected chi connectivity index (χ1v) is 8.90. The largest absolute Gasteiger partial charge is 0.416 e. The van der Waals surface area contributed by atoms with E-state index in [1.54, 1.807) is 42.5 Å². The summed E-state index contributed by atoms with van der Waals surface area (Å²) in [5.41, 5.74) is 1.38. The van der Waals surface area contributed by atoms with Crippen molar-refractivity contribution in [3.63, 3.8) is 0 Å². The Morgan fingerprint density at radius 1 is 0.897 bits per heavy atom. The van der Waals surface area contributed by atoms with Crippen LogP contribution in [0.5, 0.6) is 0 Å². The number of Topliss-reactive ketones (excluding diaryl/α,β-unsaturated/α-hetero) is 1. The minimum atomic E-state index is -4.47. The third-order valence-electron chi connectivity index (χ3n) is 4.37. The number of para-hydroxylation sites is 1. The van der Waals surface area contributed by atoms with Gasteiger partial charge < -0.3 is 5.32 Å². The maximum Gasteiger partial charge on any atom is 0.416 e. The van der Waals surface area contributed by atoms with E-state index in [2.05, 4.69) is 5.32 Å². The molecule has 0 saturated heterocycles. The Hall–Kier alpha value is -3.41. The lowest BCUT2D eigenvalue weighted by Gasteiger charge is -2.12. The van der Waals surface area contributed by atoms with Gasteiger partial charge in [-0.05, 0) is 42.8 Å². The summed E-state index contributed by atoms with van der Waals surface area (Å²) in [5, 5.41) is 2.72. The maximum atomic E-state index is 12.9. The lowest BCUT2D eigenvalue weighted by molar-refractivity contribution is -0.137. The van der Waals surface area contributed by atoms with Crippen molar-refractivity contribution in [1.82, 2.24) is 0 Å². The van der Waals surface area contributed by atoms with Gasteiger partial charge in [-0.15, -0.1) is 0 Å². The molecule has 148 valence electrons. The Bertz CT molecular complexity index is 1060. The van der Waals surface area contributed by atoms with Gasteiger partial charge in [0.25, 0.3) is 5.91 Å². The van der Waals surface area contributed by atoms with Crippen LogP contribution in [0.1, 0.15) is 37.4 Å². The van der Waals surface area contributed by atoms with Gasteiger partial charge in [-0.3, -0.25) is 9.59 Å². The highest BCUT2D eigenvalue weighted by Gasteiger charge is 2.30. The first kappa shape index (κ1) is 20.3. The van der Waals surface area contributed by atoms with Crippen molar-refractivity contribution in [3.05, 3.63) is 101 Å². The molecule has 0 spiro atoms. The van der Waals surface area contributed by atoms with Crippen LogP contribution in [0.15, 0.2) is 72.8 Å². The van der Waals surface area contributed by atoms with Crippen molar-refractivity contribution in [1.29, 1.82) is 0 Å². The SMILES string of the molecule is Cc1cccc(C(=O)Nc2ccccc2C(=O)Cc2cccc(C(F)(F)F)c2)c1. The Kier molecular flexibility index (Phi) is 5.82. The molecular weight excluding hydrogens is 379 g/mol. The number of anilines is 1. The molecule has 0 radical (unpaired) electrons. The number of alkyl halides is 3. The minimum Gasteiger partial charge on any atom is -0.321 e. The second-order valence-corrected chi connectivity index (χ2v) is 6.67. The van der Waals surface area contributed by atoms with Crippen LogP contribution in [-0.4, -0.2) is 11.7 Å². The summed E-state index contributed by atoms with van der Waals surface area (Å²) in [6, 6.07) is 18.1. The molecule has 6 heteroatoms. The summed E-state index contributed by atoms with van der Waals surface area (Å²) in [6.45, 7) is 1.86. The second-order valence-electron chi connectivity index (χ2n) is 6.67. The zero-order chi connectivity index (χ0) is 21.0. The van der Waals surface area contributed by atoms with Gasteiger partial charge in [0.2, 0.25) is 0 Å². The molecular formula is C23H18F3NO2. The van der Waals surface area contributed by atoms with Crippen molar-refractivity contribution in [2.24, 2.45) is 0 Å². The standard InChI is InChI=1S/C23H18F3NO2/c1-15-6-4-8-17(12-15)22(29)27-20-11-3-2-10-19(20)21(28)14-16-7-5-9-18(13-16)23(24,25)26/h2-13H,14H2,1H3,(H,27,29). The van der Waals surface area contributed by atoms with Gasteiger partial charge in [0.1, 0.15) is 0 Å². The molecule has 3 nitrogen and oxygen atoms in total. The van der Waals surface area contributed by atoms with Crippen LogP contribution in [0, 0.1) is 6.92 Å². The van der Waals surface area contributed by atoms with Crippen molar-refractivity contribution < 1.29 is 22.8 Å². The number of nitrogens with one attached hydrogen (secondary N) is 1. The number of halogens is 3. The van der Waals surface area contributed by atoms with Gasteiger partial charge in [0.05, 0.1) is 11.3 Å². The molecule has 0 aliphatic rings. The average Bonchev–Trinajstić information content (AvgIpc) is 2.68.